The third-order valence-corrected chi connectivity index (χ3v) is 5.50. The first-order valence-corrected chi connectivity index (χ1v) is 10.7. The Morgan fingerprint density at radius 3 is 2.15 bits per heavy atom. The molecular formula is C22H25ClN4O7. The number of carboxylic acids is 2. The van der Waals surface area contributed by atoms with Crippen molar-refractivity contribution in [3.05, 3.63) is 44.7 Å². The lowest BCUT2D eigenvalue weighted by Crippen LogP contribution is -2.50. The van der Waals surface area contributed by atoms with Crippen LogP contribution in [0.25, 0.3) is 11.1 Å². The van der Waals surface area contributed by atoms with Gasteiger partial charge in [0.25, 0.3) is 5.56 Å². The summed E-state index contributed by atoms with van der Waals surface area (Å²) in [6.45, 7) is 7.22. The fourth-order valence-corrected chi connectivity index (χ4v) is 3.96. The molecule has 1 amide bonds. The summed E-state index contributed by atoms with van der Waals surface area (Å²) in [5, 5.41) is 19.2. The van der Waals surface area contributed by atoms with Crippen molar-refractivity contribution in [3.8, 4) is 11.1 Å². The number of aromatic carboxylic acids is 2. The van der Waals surface area contributed by atoms with Gasteiger partial charge in [-0.15, -0.1) is 0 Å². The molecule has 1 saturated heterocycles. The van der Waals surface area contributed by atoms with Gasteiger partial charge in [0, 0.05) is 43.0 Å². The van der Waals surface area contributed by atoms with Crippen molar-refractivity contribution in [2.75, 3.05) is 36.8 Å². The highest BCUT2D eigenvalue weighted by Crippen LogP contribution is 2.36. The van der Waals surface area contributed by atoms with E-state index in [9.17, 15) is 29.4 Å². The third-order valence-electron chi connectivity index (χ3n) is 5.19. The number of H-pyrrole nitrogens is 1. The summed E-state index contributed by atoms with van der Waals surface area (Å²) in [6, 6.07) is 4.64. The highest BCUT2D eigenvalue weighted by molar-refractivity contribution is 6.34. The predicted molar refractivity (Wildman–Crippen MR) is 126 cm³/mol. The number of nitrogens with one attached hydrogen (secondary N) is 1. The van der Waals surface area contributed by atoms with Crippen LogP contribution in [0.3, 0.4) is 0 Å². The topological polar surface area (TPSA) is 166 Å². The molecule has 0 spiro atoms. The highest BCUT2D eigenvalue weighted by atomic mass is 35.5. The molecule has 0 radical (unpaired) electrons. The fraction of sp³-hybridized carbons (Fsp3) is 0.364. The minimum absolute atomic E-state index is 0.0436. The van der Waals surface area contributed by atoms with Crippen molar-refractivity contribution >= 4 is 41.1 Å². The van der Waals surface area contributed by atoms with Gasteiger partial charge >= 0.3 is 18.0 Å². The first-order valence-electron chi connectivity index (χ1n) is 10.3. The molecule has 2 aromatic rings. The van der Waals surface area contributed by atoms with E-state index in [1.165, 1.54) is 6.07 Å². The molecule has 11 nitrogen and oxygen atoms in total. The molecule has 34 heavy (non-hydrogen) atoms. The molecule has 2 heterocycles. The van der Waals surface area contributed by atoms with Crippen molar-refractivity contribution in [2.45, 2.75) is 26.4 Å². The van der Waals surface area contributed by atoms with Crippen molar-refractivity contribution in [2.24, 2.45) is 0 Å². The molecule has 1 aromatic carbocycles. The van der Waals surface area contributed by atoms with Crippen LogP contribution in [-0.2, 0) is 4.74 Å². The number of amides is 1. The van der Waals surface area contributed by atoms with Crippen molar-refractivity contribution in [1.29, 1.82) is 0 Å². The lowest BCUT2D eigenvalue weighted by atomic mass is 9.95. The van der Waals surface area contributed by atoms with E-state index in [4.69, 9.17) is 22.1 Å². The maximum atomic E-state index is 12.3. The smallest absolute Gasteiger partial charge is 0.410 e. The average Bonchev–Trinajstić information content (AvgIpc) is 2.71. The molecule has 182 valence electrons. The molecule has 3 rings (SSSR count). The number of rotatable bonds is 4. The van der Waals surface area contributed by atoms with Crippen molar-refractivity contribution in [1.82, 2.24) is 9.88 Å². The van der Waals surface area contributed by atoms with Gasteiger partial charge in [-0.1, -0.05) is 17.7 Å². The van der Waals surface area contributed by atoms with Gasteiger partial charge in [0.2, 0.25) is 0 Å². The van der Waals surface area contributed by atoms with Crippen LogP contribution < -0.4 is 16.2 Å². The predicted octanol–water partition coefficient (Wildman–Crippen LogP) is 2.73. The Bertz CT molecular complexity index is 1210. The number of halogens is 1. The summed E-state index contributed by atoms with van der Waals surface area (Å²) in [5.74, 6) is -3.60. The summed E-state index contributed by atoms with van der Waals surface area (Å²) in [4.78, 5) is 53.7. The highest BCUT2D eigenvalue weighted by Gasteiger charge is 2.29. The second-order valence-electron chi connectivity index (χ2n) is 8.72. The number of piperazine rings is 1. The van der Waals surface area contributed by atoms with Gasteiger partial charge in [-0.3, -0.25) is 4.79 Å². The van der Waals surface area contributed by atoms with E-state index >= 15 is 0 Å². The van der Waals surface area contributed by atoms with E-state index in [1.54, 1.807) is 37.8 Å². The van der Waals surface area contributed by atoms with Gasteiger partial charge in [-0.25, -0.2) is 14.4 Å². The molecule has 1 aromatic heterocycles. The Hall–Kier alpha value is -3.73. The number of nitrogen functional groups attached to an aromatic ring is 1. The van der Waals surface area contributed by atoms with Crippen LogP contribution in [0.1, 0.15) is 41.5 Å². The van der Waals surface area contributed by atoms with E-state index in [1.807, 2.05) is 4.90 Å². The van der Waals surface area contributed by atoms with Crippen LogP contribution in [-0.4, -0.2) is 69.9 Å². The monoisotopic (exact) mass is 492 g/mol. The van der Waals surface area contributed by atoms with Gasteiger partial charge in [0.05, 0.1) is 5.02 Å². The zero-order valence-electron chi connectivity index (χ0n) is 18.8. The summed E-state index contributed by atoms with van der Waals surface area (Å²) in [5.41, 5.74) is 3.08. The quantitative estimate of drug-likeness (QED) is 0.501. The van der Waals surface area contributed by atoms with E-state index in [0.717, 1.165) is 0 Å². The third kappa shape index (κ3) is 5.09. The Balaban J connectivity index is 1.92. The number of hydrogen-bond donors (Lipinski definition) is 4. The van der Waals surface area contributed by atoms with Crippen molar-refractivity contribution < 1.29 is 29.3 Å². The minimum atomic E-state index is -1.61. The number of pyridine rings is 1. The number of nitrogens with zero attached hydrogens (tertiary/aromatic N) is 2. The van der Waals surface area contributed by atoms with E-state index in [2.05, 4.69) is 4.98 Å². The maximum Gasteiger partial charge on any atom is 0.410 e. The summed E-state index contributed by atoms with van der Waals surface area (Å²) < 4.78 is 5.40. The van der Waals surface area contributed by atoms with Gasteiger partial charge < -0.3 is 35.5 Å². The fourth-order valence-electron chi connectivity index (χ4n) is 3.69. The second kappa shape index (κ2) is 9.26. The van der Waals surface area contributed by atoms with Crippen LogP contribution in [0.15, 0.2) is 23.0 Å². The van der Waals surface area contributed by atoms with E-state index in [0.29, 0.717) is 31.9 Å². The molecule has 1 aliphatic rings. The average molecular weight is 493 g/mol. The van der Waals surface area contributed by atoms with Crippen LogP contribution in [0.2, 0.25) is 5.02 Å². The minimum Gasteiger partial charge on any atom is -0.478 e. The van der Waals surface area contributed by atoms with Gasteiger partial charge in [-0.05, 0) is 32.9 Å². The lowest BCUT2D eigenvalue weighted by Gasteiger charge is -2.37. The van der Waals surface area contributed by atoms with E-state index in [-0.39, 0.29) is 16.1 Å². The standard InChI is InChI=1S/C22H25ClN4O7/c1-22(2,3)34-21(33)27-8-6-26(7-9-27)11-4-5-12(13(23)10-11)14-15(19(29)30)17(24)25-18(28)16(14)20(31)32/h4-5,10H,6-9H2,1-3H3,(H,29,30)(H,31,32)(H3,24,25,28). The van der Waals surface area contributed by atoms with Crippen LogP contribution in [0.4, 0.5) is 16.3 Å². The molecule has 12 heteroatoms. The SMILES string of the molecule is CC(C)(C)OC(=O)N1CCN(c2ccc(-c3c(C(=O)O)c(N)[nH]c(=O)c3C(=O)O)c(Cl)c2)CC1. The molecule has 5 N–H and O–H groups in total. The van der Waals surface area contributed by atoms with Crippen LogP contribution >= 0.6 is 11.6 Å². The Kier molecular flexibility index (Phi) is 6.78. The largest absolute Gasteiger partial charge is 0.478 e. The molecule has 0 unspecified atom stereocenters. The molecule has 1 fully saturated rings. The number of anilines is 2. The number of carbonyl (C=O) groups is 3. The number of aromatic amines is 1. The zero-order valence-corrected chi connectivity index (χ0v) is 19.6. The number of benzene rings is 1. The maximum absolute atomic E-state index is 12.3. The second-order valence-corrected chi connectivity index (χ2v) is 9.13. The number of carbonyl (C=O) groups excluding carboxylic acids is 1. The molecule has 0 aliphatic carbocycles. The van der Waals surface area contributed by atoms with Crippen LogP contribution in [0.5, 0.6) is 0 Å². The number of ether oxygens (including phenoxy) is 1. The normalized spacial score (nSPS) is 14.1. The Labute approximate surface area is 199 Å². The van der Waals surface area contributed by atoms with Gasteiger partial charge in [0.15, 0.2) is 0 Å². The molecule has 0 atom stereocenters. The number of nitrogens with two attached hydrogens (primary N) is 1. The molecule has 0 bridgehead atoms. The first-order chi connectivity index (χ1) is 15.8. The van der Waals surface area contributed by atoms with Gasteiger partial charge in [-0.2, -0.15) is 0 Å². The number of carboxylic acid groups (broad SMARTS) is 2. The van der Waals surface area contributed by atoms with E-state index < -0.39 is 46.1 Å². The zero-order chi connectivity index (χ0) is 25.4. The number of hydrogen-bond acceptors (Lipinski definition) is 7. The summed E-state index contributed by atoms with van der Waals surface area (Å²) in [7, 11) is 0. The molecule has 1 aliphatic heterocycles. The first kappa shape index (κ1) is 24.9. The number of aromatic nitrogens is 1. The molecular weight excluding hydrogens is 468 g/mol. The van der Waals surface area contributed by atoms with Crippen molar-refractivity contribution in [3.63, 3.8) is 0 Å². The Morgan fingerprint density at radius 1 is 1.06 bits per heavy atom. The summed E-state index contributed by atoms with van der Waals surface area (Å²) >= 11 is 6.44. The van der Waals surface area contributed by atoms with Gasteiger partial charge in [0.1, 0.15) is 22.5 Å². The lowest BCUT2D eigenvalue weighted by molar-refractivity contribution is 0.0240. The van der Waals surface area contributed by atoms with Crippen LogP contribution in [0, 0.1) is 0 Å². The molecule has 0 saturated carbocycles. The Morgan fingerprint density at radius 2 is 1.65 bits per heavy atom. The summed E-state index contributed by atoms with van der Waals surface area (Å²) in [6.07, 6.45) is -0.394.